The van der Waals surface area contributed by atoms with Gasteiger partial charge in [0.25, 0.3) is 0 Å². The van der Waals surface area contributed by atoms with Crippen LogP contribution in [0, 0.1) is 5.92 Å². The highest BCUT2D eigenvalue weighted by atomic mass is 32.2. The molecular weight excluding hydrogens is 386 g/mol. The Morgan fingerprint density at radius 3 is 2.71 bits per heavy atom. The molecule has 1 N–H and O–H groups in total. The maximum atomic E-state index is 12.4. The van der Waals surface area contributed by atoms with Crippen LogP contribution < -0.4 is 0 Å². The predicted molar refractivity (Wildman–Crippen MR) is 99.4 cm³/mol. The van der Waals surface area contributed by atoms with E-state index in [2.05, 4.69) is 15.1 Å². The number of hydrogen-bond acceptors (Lipinski definition) is 8. The molecule has 0 unspecified atom stereocenters. The highest BCUT2D eigenvalue weighted by molar-refractivity contribution is 7.89. The molecule has 0 spiro atoms. The zero-order valence-electron chi connectivity index (χ0n) is 15.7. The number of β-amino-alcohol motifs (C(OH)–C–C–N with tert-alkyl or cyclic N) is 1. The average Bonchev–Trinajstić information content (AvgIpc) is 3.27. The molecule has 0 aliphatic carbocycles. The Bertz CT molecular complexity index is 915. The van der Waals surface area contributed by atoms with E-state index in [1.165, 1.54) is 19.0 Å². The van der Waals surface area contributed by atoms with Crippen molar-refractivity contribution in [3.63, 3.8) is 0 Å². The van der Waals surface area contributed by atoms with Crippen LogP contribution in [0.4, 0.5) is 0 Å². The smallest absolute Gasteiger partial charge is 0.227 e. The number of hydrogen-bond donors (Lipinski definition) is 1. The molecule has 2 aromatic heterocycles. The van der Waals surface area contributed by atoms with Gasteiger partial charge in [-0.15, -0.1) is 0 Å². The van der Waals surface area contributed by atoms with Crippen LogP contribution in [0.3, 0.4) is 0 Å². The van der Waals surface area contributed by atoms with Crippen LogP contribution in [0.1, 0.15) is 12.3 Å². The first-order valence-corrected chi connectivity index (χ1v) is 10.5. The molecule has 3 heterocycles. The van der Waals surface area contributed by atoms with Crippen molar-refractivity contribution in [2.75, 3.05) is 32.9 Å². The molecule has 1 amide bonds. The standard InChI is InChI=1S/C17H23N5O5S/c1-21(2)28(25,26)11-13-9-22(10-14(13)23)16(24)4-3-15-19-17(20-27-15)12-5-7-18-8-6-12/h5-8,13-14,23H,3-4,9-11H2,1-2H3/t13-,14+/m0/s1. The van der Waals surface area contributed by atoms with Crippen molar-refractivity contribution < 1.29 is 22.8 Å². The first-order valence-electron chi connectivity index (χ1n) is 8.85. The summed E-state index contributed by atoms with van der Waals surface area (Å²) in [5.74, 6) is -0.114. The average molecular weight is 409 g/mol. The number of carbonyl (C=O) groups is 1. The van der Waals surface area contributed by atoms with E-state index in [4.69, 9.17) is 4.52 Å². The van der Waals surface area contributed by atoms with Crippen LogP contribution in [-0.2, 0) is 21.2 Å². The highest BCUT2D eigenvalue weighted by Gasteiger charge is 2.37. The molecule has 0 aromatic carbocycles. The molecule has 28 heavy (non-hydrogen) atoms. The molecule has 2 atom stereocenters. The molecule has 0 radical (unpaired) electrons. The Balaban J connectivity index is 1.54. The first-order chi connectivity index (χ1) is 13.3. The van der Waals surface area contributed by atoms with E-state index in [0.29, 0.717) is 11.7 Å². The van der Waals surface area contributed by atoms with Gasteiger partial charge in [-0.3, -0.25) is 9.78 Å². The third kappa shape index (κ3) is 4.72. The summed E-state index contributed by atoms with van der Waals surface area (Å²) >= 11 is 0. The molecule has 2 aromatic rings. The minimum atomic E-state index is -3.44. The van der Waals surface area contributed by atoms with Crippen molar-refractivity contribution in [2.45, 2.75) is 18.9 Å². The number of aliphatic hydroxyl groups excluding tert-OH is 1. The molecule has 1 aliphatic heterocycles. The quantitative estimate of drug-likeness (QED) is 0.664. The summed E-state index contributed by atoms with van der Waals surface area (Å²) < 4.78 is 30.3. The summed E-state index contributed by atoms with van der Waals surface area (Å²) in [5, 5.41) is 14.0. The van der Waals surface area contributed by atoms with E-state index in [-0.39, 0.29) is 37.6 Å². The topological polar surface area (TPSA) is 130 Å². The van der Waals surface area contributed by atoms with Gasteiger partial charge in [-0.2, -0.15) is 4.98 Å². The third-order valence-corrected chi connectivity index (χ3v) is 6.66. The monoisotopic (exact) mass is 409 g/mol. The predicted octanol–water partition coefficient (Wildman–Crippen LogP) is -0.225. The van der Waals surface area contributed by atoms with Crippen LogP contribution in [-0.4, -0.2) is 82.8 Å². The number of pyridine rings is 1. The number of sulfonamides is 1. The van der Waals surface area contributed by atoms with E-state index in [1.54, 1.807) is 24.5 Å². The van der Waals surface area contributed by atoms with E-state index in [9.17, 15) is 18.3 Å². The lowest BCUT2D eigenvalue weighted by Crippen LogP contribution is -2.33. The Morgan fingerprint density at radius 1 is 1.32 bits per heavy atom. The van der Waals surface area contributed by atoms with E-state index < -0.39 is 22.0 Å². The van der Waals surface area contributed by atoms with E-state index in [1.807, 2.05) is 0 Å². The van der Waals surface area contributed by atoms with Crippen molar-refractivity contribution in [2.24, 2.45) is 5.92 Å². The normalized spacial score (nSPS) is 20.1. The van der Waals surface area contributed by atoms with Gasteiger partial charge in [-0.25, -0.2) is 12.7 Å². The maximum Gasteiger partial charge on any atom is 0.227 e. The number of nitrogens with zero attached hydrogens (tertiary/aromatic N) is 5. The highest BCUT2D eigenvalue weighted by Crippen LogP contribution is 2.21. The van der Waals surface area contributed by atoms with Crippen LogP contribution in [0.15, 0.2) is 29.0 Å². The minimum Gasteiger partial charge on any atom is -0.391 e. The number of aliphatic hydroxyl groups is 1. The lowest BCUT2D eigenvalue weighted by Gasteiger charge is -2.17. The number of aryl methyl sites for hydroxylation is 1. The molecule has 3 rings (SSSR count). The van der Waals surface area contributed by atoms with Crippen LogP contribution >= 0.6 is 0 Å². The first kappa shape index (κ1) is 20.4. The van der Waals surface area contributed by atoms with Gasteiger partial charge in [0, 0.05) is 63.9 Å². The Kier molecular flexibility index (Phi) is 6.06. The molecule has 152 valence electrons. The summed E-state index contributed by atoms with van der Waals surface area (Å²) in [7, 11) is -0.548. The maximum absolute atomic E-state index is 12.4. The van der Waals surface area contributed by atoms with Crippen molar-refractivity contribution in [3.05, 3.63) is 30.4 Å². The molecular formula is C17H23N5O5S. The van der Waals surface area contributed by atoms with Crippen LogP contribution in [0.2, 0.25) is 0 Å². The number of likely N-dealkylation sites (tertiary alicyclic amines) is 1. The van der Waals surface area contributed by atoms with Gasteiger partial charge in [-0.1, -0.05) is 5.16 Å². The van der Waals surface area contributed by atoms with Crippen molar-refractivity contribution in [1.29, 1.82) is 0 Å². The molecule has 1 saturated heterocycles. The van der Waals surface area contributed by atoms with Crippen molar-refractivity contribution >= 4 is 15.9 Å². The summed E-state index contributed by atoms with van der Waals surface area (Å²) in [6.07, 6.45) is 2.80. The van der Waals surface area contributed by atoms with Gasteiger partial charge in [0.05, 0.1) is 11.9 Å². The zero-order chi connectivity index (χ0) is 20.3. The number of aromatic nitrogens is 3. The zero-order valence-corrected chi connectivity index (χ0v) is 16.5. The Hall–Kier alpha value is -2.37. The fourth-order valence-corrected chi connectivity index (χ4v) is 4.15. The molecule has 1 fully saturated rings. The van der Waals surface area contributed by atoms with Crippen LogP contribution in [0.25, 0.3) is 11.4 Å². The number of carbonyl (C=O) groups excluding carboxylic acids is 1. The lowest BCUT2D eigenvalue weighted by molar-refractivity contribution is -0.130. The minimum absolute atomic E-state index is 0.124. The van der Waals surface area contributed by atoms with Gasteiger partial charge in [0.1, 0.15) is 0 Å². The molecule has 0 bridgehead atoms. The number of amides is 1. The summed E-state index contributed by atoms with van der Waals surface area (Å²) in [6, 6.07) is 3.51. The van der Waals surface area contributed by atoms with E-state index in [0.717, 1.165) is 9.87 Å². The summed E-state index contributed by atoms with van der Waals surface area (Å²) in [4.78, 5) is 22.1. The molecule has 11 heteroatoms. The van der Waals surface area contributed by atoms with Crippen LogP contribution in [0.5, 0.6) is 0 Å². The fourth-order valence-electron chi connectivity index (χ4n) is 2.99. The lowest BCUT2D eigenvalue weighted by atomic mass is 10.1. The SMILES string of the molecule is CN(C)S(=O)(=O)C[C@@H]1CN(C(=O)CCc2nc(-c3ccncc3)no2)C[C@H]1O. The second kappa shape index (κ2) is 8.33. The van der Waals surface area contributed by atoms with Gasteiger partial charge in [0.15, 0.2) is 0 Å². The second-order valence-corrected chi connectivity index (χ2v) is 9.16. The molecule has 1 aliphatic rings. The Labute approximate surface area is 163 Å². The van der Waals surface area contributed by atoms with Gasteiger partial charge in [-0.05, 0) is 12.1 Å². The number of rotatable bonds is 7. The molecule has 10 nitrogen and oxygen atoms in total. The third-order valence-electron chi connectivity index (χ3n) is 4.70. The van der Waals surface area contributed by atoms with Gasteiger partial charge < -0.3 is 14.5 Å². The largest absolute Gasteiger partial charge is 0.391 e. The fraction of sp³-hybridized carbons (Fsp3) is 0.529. The van der Waals surface area contributed by atoms with Gasteiger partial charge >= 0.3 is 0 Å². The summed E-state index contributed by atoms with van der Waals surface area (Å²) in [5.41, 5.74) is 0.768. The Morgan fingerprint density at radius 2 is 2.04 bits per heavy atom. The summed E-state index contributed by atoms with van der Waals surface area (Å²) in [6.45, 7) is 0.331. The van der Waals surface area contributed by atoms with Crippen molar-refractivity contribution in [3.8, 4) is 11.4 Å². The van der Waals surface area contributed by atoms with E-state index >= 15 is 0 Å². The molecule has 0 saturated carbocycles. The van der Waals surface area contributed by atoms with Crippen molar-refractivity contribution in [1.82, 2.24) is 24.3 Å². The second-order valence-electron chi connectivity index (χ2n) is 6.93. The van der Waals surface area contributed by atoms with Gasteiger partial charge in [0.2, 0.25) is 27.6 Å².